The number of carbonyl (C=O) groups is 1. The van der Waals surface area contributed by atoms with Crippen molar-refractivity contribution in [2.45, 2.75) is 19.3 Å². The minimum absolute atomic E-state index is 0.162. The maximum atomic E-state index is 12.2. The van der Waals surface area contributed by atoms with Gasteiger partial charge in [0.25, 0.3) is 0 Å². The number of hydrogen-bond donors (Lipinski definition) is 1. The fourth-order valence-corrected chi connectivity index (χ4v) is 4.40. The van der Waals surface area contributed by atoms with E-state index in [1.807, 2.05) is 54.4 Å². The fraction of sp³-hybridized carbons (Fsp3) is 0.318. The number of likely N-dealkylation sites (tertiary alicyclic amines) is 1. The van der Waals surface area contributed by atoms with E-state index in [-0.39, 0.29) is 5.91 Å². The third-order valence-corrected chi connectivity index (χ3v) is 6.24. The molecule has 6 nitrogen and oxygen atoms in total. The number of anilines is 3. The van der Waals surface area contributed by atoms with Crippen LogP contribution in [0.5, 0.6) is 0 Å². The number of hydrogen-bond acceptors (Lipinski definition) is 6. The van der Waals surface area contributed by atoms with Crippen LogP contribution in [0.3, 0.4) is 0 Å². The summed E-state index contributed by atoms with van der Waals surface area (Å²) >= 11 is 7.34. The first-order chi connectivity index (χ1) is 14.6. The third kappa shape index (κ3) is 5.16. The fourth-order valence-electron chi connectivity index (χ4n) is 3.44. The topological polar surface area (TPSA) is 61.4 Å². The molecule has 1 N–H and O–H groups in total. The number of carbonyl (C=O) groups excluding carboxylic acids is 1. The number of pyridine rings is 1. The summed E-state index contributed by atoms with van der Waals surface area (Å²) < 4.78 is 0. The summed E-state index contributed by atoms with van der Waals surface area (Å²) in [7, 11) is 1.95. The van der Waals surface area contributed by atoms with Crippen molar-refractivity contribution in [2.24, 2.45) is 0 Å². The van der Waals surface area contributed by atoms with Crippen LogP contribution in [0, 0.1) is 0 Å². The molecule has 1 saturated heterocycles. The van der Waals surface area contributed by atoms with Crippen LogP contribution in [-0.2, 0) is 4.79 Å². The average molecular weight is 442 g/mol. The van der Waals surface area contributed by atoms with Gasteiger partial charge in [-0.1, -0.05) is 35.4 Å². The molecule has 1 aliphatic heterocycles. The summed E-state index contributed by atoms with van der Waals surface area (Å²) in [6.45, 7) is 3.04. The maximum absolute atomic E-state index is 12.2. The van der Waals surface area contributed by atoms with Gasteiger partial charge in [0.2, 0.25) is 5.91 Å². The highest BCUT2D eigenvalue weighted by Crippen LogP contribution is 2.29. The second kappa shape index (κ2) is 9.55. The van der Waals surface area contributed by atoms with E-state index in [0.717, 1.165) is 41.5 Å². The first-order valence-electron chi connectivity index (χ1n) is 10.1. The third-order valence-electron chi connectivity index (χ3n) is 5.11. The van der Waals surface area contributed by atoms with Crippen molar-refractivity contribution in [3.63, 3.8) is 0 Å². The van der Waals surface area contributed by atoms with Crippen LogP contribution in [0.4, 0.5) is 16.6 Å². The van der Waals surface area contributed by atoms with E-state index in [2.05, 4.69) is 15.2 Å². The van der Waals surface area contributed by atoms with Gasteiger partial charge in [-0.05, 0) is 62.3 Å². The molecular weight excluding hydrogens is 418 g/mol. The quantitative estimate of drug-likeness (QED) is 0.539. The molecule has 1 fully saturated rings. The minimum atomic E-state index is -0.162. The predicted octanol–water partition coefficient (Wildman–Crippen LogP) is 5.09. The highest BCUT2D eigenvalue weighted by molar-refractivity contribution is 7.22. The van der Waals surface area contributed by atoms with Gasteiger partial charge in [0.1, 0.15) is 16.2 Å². The predicted molar refractivity (Wildman–Crippen MR) is 125 cm³/mol. The molecule has 1 aromatic carbocycles. The minimum Gasteiger partial charge on any atom is -0.329 e. The monoisotopic (exact) mass is 441 g/mol. The summed E-state index contributed by atoms with van der Waals surface area (Å²) in [6, 6.07) is 11.4. The zero-order chi connectivity index (χ0) is 20.9. The van der Waals surface area contributed by atoms with E-state index >= 15 is 0 Å². The molecule has 0 bridgehead atoms. The van der Waals surface area contributed by atoms with Crippen molar-refractivity contribution >= 4 is 55.8 Å². The van der Waals surface area contributed by atoms with Crippen molar-refractivity contribution in [3.05, 3.63) is 53.6 Å². The van der Waals surface area contributed by atoms with Crippen LogP contribution in [-0.4, -0.2) is 47.5 Å². The van der Waals surface area contributed by atoms with Crippen LogP contribution in [0.15, 0.2) is 48.6 Å². The maximum Gasteiger partial charge on any atom is 0.249 e. The number of aromatic nitrogens is 2. The average Bonchev–Trinajstić information content (AvgIpc) is 3.16. The molecule has 156 valence electrons. The Balaban J connectivity index is 1.40. The normalized spacial score (nSPS) is 15.0. The second-order valence-corrected chi connectivity index (χ2v) is 8.72. The zero-order valence-electron chi connectivity index (χ0n) is 16.8. The highest BCUT2D eigenvalue weighted by Gasteiger charge is 2.12. The van der Waals surface area contributed by atoms with E-state index in [1.54, 1.807) is 6.08 Å². The van der Waals surface area contributed by atoms with Gasteiger partial charge < -0.3 is 4.90 Å². The lowest BCUT2D eigenvalue weighted by atomic mass is 10.1. The van der Waals surface area contributed by atoms with Crippen molar-refractivity contribution in [2.75, 3.05) is 36.9 Å². The van der Waals surface area contributed by atoms with Crippen molar-refractivity contribution < 1.29 is 4.79 Å². The first kappa shape index (κ1) is 20.8. The molecule has 1 aliphatic rings. The number of piperidine rings is 1. The summed E-state index contributed by atoms with van der Waals surface area (Å²) in [5.74, 6) is 0.636. The molecule has 0 unspecified atom stereocenters. The Morgan fingerprint density at radius 3 is 2.70 bits per heavy atom. The summed E-state index contributed by atoms with van der Waals surface area (Å²) in [5.41, 5.74) is 1.75. The van der Waals surface area contributed by atoms with Gasteiger partial charge in [-0.3, -0.25) is 15.0 Å². The van der Waals surface area contributed by atoms with Gasteiger partial charge >= 0.3 is 0 Å². The van der Waals surface area contributed by atoms with E-state index in [1.165, 1.54) is 30.6 Å². The van der Waals surface area contributed by atoms with E-state index in [0.29, 0.717) is 10.2 Å². The van der Waals surface area contributed by atoms with Crippen LogP contribution < -0.4 is 10.2 Å². The number of halogens is 1. The van der Waals surface area contributed by atoms with E-state index < -0.39 is 0 Å². The molecule has 30 heavy (non-hydrogen) atoms. The van der Waals surface area contributed by atoms with Gasteiger partial charge in [0.05, 0.1) is 0 Å². The molecule has 1 amide bonds. The summed E-state index contributed by atoms with van der Waals surface area (Å²) in [6.07, 6.45) is 7.31. The Kier molecular flexibility index (Phi) is 6.62. The molecule has 0 atom stereocenters. The largest absolute Gasteiger partial charge is 0.329 e. The Labute approximate surface area is 185 Å². The van der Waals surface area contributed by atoms with Crippen LogP contribution in [0.1, 0.15) is 19.3 Å². The molecule has 3 heterocycles. The smallest absolute Gasteiger partial charge is 0.249 e. The lowest BCUT2D eigenvalue weighted by Gasteiger charge is -2.24. The molecule has 0 aliphatic carbocycles. The van der Waals surface area contributed by atoms with Crippen molar-refractivity contribution in [1.29, 1.82) is 0 Å². The molecule has 8 heteroatoms. The SMILES string of the molecule is CN(c1ccc(Cl)cc1)c1ccc2nc(NC(=O)/C=C/CN3CCCCC3)sc2n1. The number of nitrogens with zero attached hydrogens (tertiary/aromatic N) is 4. The van der Waals surface area contributed by atoms with Gasteiger partial charge in [-0.25, -0.2) is 9.97 Å². The number of thiazole rings is 1. The van der Waals surface area contributed by atoms with Gasteiger partial charge in [-0.15, -0.1) is 0 Å². The Hall–Kier alpha value is -2.48. The number of nitrogens with one attached hydrogen (secondary N) is 1. The van der Waals surface area contributed by atoms with Gasteiger partial charge in [0.15, 0.2) is 5.13 Å². The van der Waals surface area contributed by atoms with Crippen molar-refractivity contribution in [3.8, 4) is 0 Å². The second-order valence-electron chi connectivity index (χ2n) is 7.30. The molecule has 0 spiro atoms. The molecule has 4 rings (SSSR count). The molecular formula is C22H24ClN5OS. The number of benzene rings is 1. The lowest BCUT2D eigenvalue weighted by molar-refractivity contribution is -0.111. The zero-order valence-corrected chi connectivity index (χ0v) is 18.4. The lowest BCUT2D eigenvalue weighted by Crippen LogP contribution is -2.29. The van der Waals surface area contributed by atoms with Gasteiger partial charge in [-0.2, -0.15) is 0 Å². The summed E-state index contributed by atoms with van der Waals surface area (Å²) in [4.78, 5) is 26.5. The van der Waals surface area contributed by atoms with Crippen LogP contribution in [0.2, 0.25) is 5.02 Å². The Bertz CT molecular complexity index is 1040. The summed E-state index contributed by atoms with van der Waals surface area (Å²) in [5, 5.41) is 4.10. The molecule has 3 aromatic rings. The van der Waals surface area contributed by atoms with Crippen LogP contribution in [0.25, 0.3) is 10.3 Å². The van der Waals surface area contributed by atoms with Crippen molar-refractivity contribution in [1.82, 2.24) is 14.9 Å². The van der Waals surface area contributed by atoms with E-state index in [9.17, 15) is 4.79 Å². The standard InChI is InChI=1S/C22H24ClN5OS/c1-27(17-9-7-16(23)8-10-17)19-12-11-18-21(25-19)30-22(24-18)26-20(29)6-5-15-28-13-3-2-4-14-28/h5-12H,2-4,13-15H2,1H3,(H,24,26,29)/b6-5+. The number of fused-ring (bicyclic) bond motifs is 1. The number of rotatable bonds is 6. The molecule has 0 saturated carbocycles. The molecule has 2 aromatic heterocycles. The first-order valence-corrected chi connectivity index (χ1v) is 11.2. The van der Waals surface area contributed by atoms with E-state index in [4.69, 9.17) is 16.6 Å². The van der Waals surface area contributed by atoms with Crippen LogP contribution >= 0.6 is 22.9 Å². The highest BCUT2D eigenvalue weighted by atomic mass is 35.5. The Morgan fingerprint density at radius 1 is 1.17 bits per heavy atom. The Morgan fingerprint density at radius 2 is 1.93 bits per heavy atom. The van der Waals surface area contributed by atoms with Gasteiger partial charge in [0, 0.05) is 30.4 Å². The number of amides is 1. The molecule has 0 radical (unpaired) electrons.